The third-order valence-electron chi connectivity index (χ3n) is 0.818. The average Bonchev–Trinajstić information content (AvgIpc) is 1.61. The molecule has 0 radical (unpaired) electrons. The fourth-order valence-electron chi connectivity index (χ4n) is 0.413. The van der Waals surface area contributed by atoms with E-state index in [-0.39, 0.29) is 25.1 Å². The average molecular weight is 140 g/mol. The second-order valence-electron chi connectivity index (χ2n) is 1.84. The van der Waals surface area contributed by atoms with Gasteiger partial charge in [0.25, 0.3) is 0 Å². The third kappa shape index (κ3) is 9.51. The van der Waals surface area contributed by atoms with Crippen LogP contribution in [-0.4, -0.2) is 17.8 Å². The van der Waals surface area contributed by atoms with Crippen LogP contribution in [0.2, 0.25) is 0 Å². The first-order valence-electron chi connectivity index (χ1n) is 2.64. The fourth-order valence-corrected chi connectivity index (χ4v) is 0.413. The van der Waals surface area contributed by atoms with Gasteiger partial charge in [-0.1, -0.05) is 0 Å². The molecule has 0 heterocycles. The Labute approximate surface area is 56.5 Å². The number of hydrogen-bond acceptors (Lipinski definition) is 2. The van der Waals surface area contributed by atoms with Crippen LogP contribution in [-0.2, 0) is 0 Å². The second-order valence-corrected chi connectivity index (χ2v) is 1.84. The smallest absolute Gasteiger partial charge is 0.0431 e. The molecule has 0 saturated carbocycles. The van der Waals surface area contributed by atoms with E-state index < -0.39 is 0 Å². The maximum Gasteiger partial charge on any atom is 0.0431 e. The molecule has 0 aliphatic rings. The topological polar surface area (TPSA) is 46.2 Å². The first kappa shape index (κ1) is 11.1. The molecule has 0 fully saturated rings. The molecule has 0 rings (SSSR count). The van der Waals surface area contributed by atoms with Gasteiger partial charge in [-0.25, -0.2) is 0 Å². The minimum absolute atomic E-state index is 0. The van der Waals surface area contributed by atoms with Gasteiger partial charge in [0.1, 0.15) is 0 Å². The summed E-state index contributed by atoms with van der Waals surface area (Å²) in [6.45, 7) is 2.21. The maximum atomic E-state index is 8.26. The van der Waals surface area contributed by atoms with E-state index in [9.17, 15) is 0 Å². The van der Waals surface area contributed by atoms with Gasteiger partial charge in [-0.3, -0.25) is 0 Å². The van der Waals surface area contributed by atoms with Gasteiger partial charge in [0, 0.05) is 12.6 Å². The Morgan fingerprint density at radius 1 is 1.62 bits per heavy atom. The van der Waals surface area contributed by atoms with Crippen molar-refractivity contribution >= 4 is 12.4 Å². The van der Waals surface area contributed by atoms with E-state index in [1.54, 1.807) is 0 Å². The Morgan fingerprint density at radius 3 is 2.25 bits per heavy atom. The molecule has 0 spiro atoms. The van der Waals surface area contributed by atoms with Crippen molar-refractivity contribution in [2.24, 2.45) is 5.73 Å². The Balaban J connectivity index is 0. The predicted octanol–water partition coefficient (Wildman–Crippen LogP) is 0.528. The van der Waals surface area contributed by atoms with Gasteiger partial charge in [0.15, 0.2) is 0 Å². The number of aliphatic hydroxyl groups excluding tert-OH is 1. The molecule has 0 bridgehead atoms. The van der Waals surface area contributed by atoms with Crippen molar-refractivity contribution in [3.63, 3.8) is 0 Å². The van der Waals surface area contributed by atoms with Crippen LogP contribution in [0, 0.1) is 0 Å². The number of rotatable bonds is 3. The summed E-state index contributed by atoms with van der Waals surface area (Å²) in [7, 11) is 0. The van der Waals surface area contributed by atoms with Gasteiger partial charge in [0.05, 0.1) is 0 Å². The van der Waals surface area contributed by atoms with Gasteiger partial charge < -0.3 is 10.8 Å². The quantitative estimate of drug-likeness (QED) is 0.599. The Bertz CT molecular complexity index is 41.4. The molecule has 0 aromatic heterocycles. The molecule has 0 aromatic rings. The van der Waals surface area contributed by atoms with Crippen LogP contribution >= 0.6 is 12.4 Å². The lowest BCUT2D eigenvalue weighted by molar-refractivity contribution is 0.281. The SMILES string of the molecule is C[C@H](N)CCCO.Cl. The van der Waals surface area contributed by atoms with Crippen molar-refractivity contribution in [2.45, 2.75) is 25.8 Å². The van der Waals surface area contributed by atoms with E-state index in [2.05, 4.69) is 0 Å². The van der Waals surface area contributed by atoms with Gasteiger partial charge >= 0.3 is 0 Å². The zero-order chi connectivity index (χ0) is 5.70. The summed E-state index contributed by atoms with van der Waals surface area (Å²) >= 11 is 0. The summed E-state index contributed by atoms with van der Waals surface area (Å²) in [5.41, 5.74) is 5.37. The molecule has 0 aromatic carbocycles. The summed E-state index contributed by atoms with van der Waals surface area (Å²) in [5, 5.41) is 8.26. The standard InChI is InChI=1S/C5H13NO.ClH/c1-5(6)3-2-4-7;/h5,7H,2-4,6H2,1H3;1H/t5-;/m0./s1. The lowest BCUT2D eigenvalue weighted by atomic mass is 10.2. The first-order valence-corrected chi connectivity index (χ1v) is 2.64. The van der Waals surface area contributed by atoms with Gasteiger partial charge in [-0.2, -0.15) is 0 Å². The summed E-state index contributed by atoms with van der Waals surface area (Å²) < 4.78 is 0. The van der Waals surface area contributed by atoms with Crippen molar-refractivity contribution in [3.05, 3.63) is 0 Å². The molecule has 0 saturated heterocycles. The van der Waals surface area contributed by atoms with E-state index in [1.807, 2.05) is 6.92 Å². The van der Waals surface area contributed by atoms with E-state index >= 15 is 0 Å². The van der Waals surface area contributed by atoms with Crippen molar-refractivity contribution < 1.29 is 5.11 Å². The van der Waals surface area contributed by atoms with E-state index in [0.717, 1.165) is 12.8 Å². The highest BCUT2D eigenvalue weighted by molar-refractivity contribution is 5.85. The summed E-state index contributed by atoms with van der Waals surface area (Å²) in [6, 6.07) is 0.243. The van der Waals surface area contributed by atoms with Crippen LogP contribution in [0.1, 0.15) is 19.8 Å². The number of aliphatic hydroxyl groups is 1. The van der Waals surface area contributed by atoms with Crippen molar-refractivity contribution in [2.75, 3.05) is 6.61 Å². The van der Waals surface area contributed by atoms with Gasteiger partial charge in [-0.05, 0) is 19.8 Å². The molecule has 1 atom stereocenters. The number of nitrogens with two attached hydrogens (primary N) is 1. The molecule has 52 valence electrons. The van der Waals surface area contributed by atoms with E-state index in [0.29, 0.717) is 0 Å². The monoisotopic (exact) mass is 139 g/mol. The van der Waals surface area contributed by atoms with Crippen LogP contribution < -0.4 is 5.73 Å². The second kappa shape index (κ2) is 7.21. The zero-order valence-electron chi connectivity index (χ0n) is 5.13. The third-order valence-corrected chi connectivity index (χ3v) is 0.818. The largest absolute Gasteiger partial charge is 0.396 e. The summed E-state index contributed by atoms with van der Waals surface area (Å²) in [6.07, 6.45) is 1.76. The number of hydrogen-bond donors (Lipinski definition) is 2. The minimum Gasteiger partial charge on any atom is -0.396 e. The molecule has 0 unspecified atom stereocenters. The predicted molar refractivity (Wildman–Crippen MR) is 37.2 cm³/mol. The van der Waals surface area contributed by atoms with Crippen LogP contribution in [0.4, 0.5) is 0 Å². The highest BCUT2D eigenvalue weighted by Crippen LogP contribution is 1.89. The van der Waals surface area contributed by atoms with Crippen LogP contribution in [0.5, 0.6) is 0 Å². The Hall–Kier alpha value is 0.210. The lowest BCUT2D eigenvalue weighted by Crippen LogP contribution is -2.14. The zero-order valence-corrected chi connectivity index (χ0v) is 5.95. The Morgan fingerprint density at radius 2 is 2.12 bits per heavy atom. The molecule has 0 aliphatic carbocycles. The molecule has 2 nitrogen and oxygen atoms in total. The van der Waals surface area contributed by atoms with Crippen LogP contribution in [0.25, 0.3) is 0 Å². The molecule has 3 heteroatoms. The highest BCUT2D eigenvalue weighted by Gasteiger charge is 1.89. The van der Waals surface area contributed by atoms with Gasteiger partial charge in [-0.15, -0.1) is 12.4 Å². The number of halogens is 1. The van der Waals surface area contributed by atoms with Crippen molar-refractivity contribution in [1.29, 1.82) is 0 Å². The normalized spacial score (nSPS) is 12.4. The van der Waals surface area contributed by atoms with Crippen molar-refractivity contribution in [1.82, 2.24) is 0 Å². The maximum absolute atomic E-state index is 8.26. The first-order chi connectivity index (χ1) is 3.27. The Kier molecular flexibility index (Phi) is 9.97. The lowest BCUT2D eigenvalue weighted by Gasteiger charge is -1.99. The van der Waals surface area contributed by atoms with Crippen LogP contribution in [0.3, 0.4) is 0 Å². The molecule has 8 heavy (non-hydrogen) atoms. The van der Waals surface area contributed by atoms with E-state index in [1.165, 1.54) is 0 Å². The van der Waals surface area contributed by atoms with Gasteiger partial charge in [0.2, 0.25) is 0 Å². The van der Waals surface area contributed by atoms with E-state index in [4.69, 9.17) is 10.8 Å². The van der Waals surface area contributed by atoms with Crippen LogP contribution in [0.15, 0.2) is 0 Å². The van der Waals surface area contributed by atoms with Crippen molar-refractivity contribution in [3.8, 4) is 0 Å². The summed E-state index contributed by atoms with van der Waals surface area (Å²) in [4.78, 5) is 0. The molecular weight excluding hydrogens is 126 g/mol. The molecule has 0 aliphatic heterocycles. The minimum atomic E-state index is 0. The highest BCUT2D eigenvalue weighted by atomic mass is 35.5. The molecule has 3 N–H and O–H groups in total. The molecule has 0 amide bonds. The molecular formula is C5H14ClNO. The summed E-state index contributed by atoms with van der Waals surface area (Å²) in [5.74, 6) is 0. The fraction of sp³-hybridized carbons (Fsp3) is 1.00.